The lowest BCUT2D eigenvalue weighted by molar-refractivity contribution is 0.0711. The van der Waals surface area contributed by atoms with E-state index < -0.39 is 0 Å². The van der Waals surface area contributed by atoms with Crippen molar-refractivity contribution in [1.29, 1.82) is 0 Å². The topological polar surface area (TPSA) is 29.1 Å². The molecule has 0 amide bonds. The van der Waals surface area contributed by atoms with Crippen LogP contribution in [-0.4, -0.2) is 18.9 Å². The van der Waals surface area contributed by atoms with Crippen molar-refractivity contribution in [2.24, 2.45) is 11.3 Å². The van der Waals surface area contributed by atoms with E-state index in [1.165, 1.54) is 36.8 Å². The maximum atomic E-state index is 13.2. The molecule has 21 heavy (non-hydrogen) atoms. The Bertz CT molecular complexity index is 553. The highest BCUT2D eigenvalue weighted by atomic mass is 16.1. The number of hydrogen-bond donors (Lipinski definition) is 1. The smallest absolute Gasteiger partial charge is 0.169 e. The standard InChI is InChI=1S/C19H25NO/c21-18-17-4-1-3-15(13-14-6-7-14)16(17)5-2-8-19(18)9-11-20-12-10-19/h1,3-4,14,20H,2,5-13H2. The van der Waals surface area contributed by atoms with E-state index in [2.05, 4.69) is 23.5 Å². The molecule has 1 spiro atoms. The van der Waals surface area contributed by atoms with E-state index in [-0.39, 0.29) is 5.41 Å². The highest BCUT2D eigenvalue weighted by Crippen LogP contribution is 2.42. The predicted molar refractivity (Wildman–Crippen MR) is 84.7 cm³/mol. The summed E-state index contributed by atoms with van der Waals surface area (Å²) in [4.78, 5) is 13.2. The minimum Gasteiger partial charge on any atom is -0.317 e. The van der Waals surface area contributed by atoms with Gasteiger partial charge < -0.3 is 5.32 Å². The Hall–Kier alpha value is -1.15. The molecule has 2 heteroatoms. The van der Waals surface area contributed by atoms with Gasteiger partial charge in [0.25, 0.3) is 0 Å². The van der Waals surface area contributed by atoms with Crippen molar-refractivity contribution >= 4 is 5.78 Å². The average molecular weight is 283 g/mol. The molecule has 2 aliphatic carbocycles. The van der Waals surface area contributed by atoms with E-state index in [0.717, 1.165) is 50.3 Å². The zero-order valence-electron chi connectivity index (χ0n) is 12.8. The van der Waals surface area contributed by atoms with Gasteiger partial charge in [-0.3, -0.25) is 4.79 Å². The normalized spacial score (nSPS) is 24.7. The molecule has 112 valence electrons. The molecule has 1 aromatic rings. The maximum Gasteiger partial charge on any atom is 0.169 e. The van der Waals surface area contributed by atoms with E-state index in [1.807, 2.05) is 0 Å². The number of fused-ring (bicyclic) bond motifs is 1. The molecule has 1 saturated carbocycles. The van der Waals surface area contributed by atoms with Crippen molar-refractivity contribution in [3.05, 3.63) is 34.9 Å². The van der Waals surface area contributed by atoms with Crippen LogP contribution in [0.15, 0.2) is 18.2 Å². The maximum absolute atomic E-state index is 13.2. The average Bonchev–Trinajstić information content (AvgIpc) is 3.33. The first-order chi connectivity index (χ1) is 10.3. The molecule has 0 unspecified atom stereocenters. The summed E-state index contributed by atoms with van der Waals surface area (Å²) in [6.45, 7) is 2.01. The molecule has 1 aliphatic heterocycles. The lowest BCUT2D eigenvalue weighted by Gasteiger charge is -2.35. The summed E-state index contributed by atoms with van der Waals surface area (Å²) < 4.78 is 0. The second-order valence-electron chi connectivity index (χ2n) is 7.30. The quantitative estimate of drug-likeness (QED) is 0.899. The summed E-state index contributed by atoms with van der Waals surface area (Å²) in [5.41, 5.74) is 3.86. The van der Waals surface area contributed by atoms with E-state index >= 15 is 0 Å². The van der Waals surface area contributed by atoms with Crippen LogP contribution in [0.5, 0.6) is 0 Å². The molecule has 3 aliphatic rings. The zero-order chi connectivity index (χ0) is 14.3. The number of carbonyl (C=O) groups excluding carboxylic acids is 1. The molecule has 0 atom stereocenters. The fourth-order valence-corrected chi connectivity index (χ4v) is 4.35. The molecule has 2 fully saturated rings. The Kier molecular flexibility index (Phi) is 3.37. The van der Waals surface area contributed by atoms with Gasteiger partial charge in [-0.1, -0.05) is 18.2 Å². The van der Waals surface area contributed by atoms with Crippen LogP contribution in [0.2, 0.25) is 0 Å². The minimum absolute atomic E-state index is 0.0608. The minimum atomic E-state index is -0.0608. The van der Waals surface area contributed by atoms with Gasteiger partial charge in [-0.2, -0.15) is 0 Å². The second kappa shape index (κ2) is 5.24. The Morgan fingerprint density at radius 2 is 1.95 bits per heavy atom. The molecule has 2 nitrogen and oxygen atoms in total. The number of Topliss-reactive ketones (excluding diaryl/α,β-unsaturated/α-hetero) is 1. The largest absolute Gasteiger partial charge is 0.317 e. The lowest BCUT2D eigenvalue weighted by Crippen LogP contribution is -2.41. The third-order valence-corrected chi connectivity index (χ3v) is 5.85. The predicted octanol–water partition coefficient (Wildman–Crippen LogP) is 3.53. The number of rotatable bonds is 2. The first-order valence-corrected chi connectivity index (χ1v) is 8.65. The number of benzene rings is 1. The summed E-state index contributed by atoms with van der Waals surface area (Å²) in [6, 6.07) is 6.49. The Morgan fingerprint density at radius 3 is 2.71 bits per heavy atom. The first-order valence-electron chi connectivity index (χ1n) is 8.65. The zero-order valence-corrected chi connectivity index (χ0v) is 12.8. The Balaban J connectivity index is 1.71. The van der Waals surface area contributed by atoms with Crippen molar-refractivity contribution in [2.45, 2.75) is 51.4 Å². The van der Waals surface area contributed by atoms with Gasteiger partial charge in [-0.15, -0.1) is 0 Å². The van der Waals surface area contributed by atoms with Crippen molar-refractivity contribution in [2.75, 3.05) is 13.1 Å². The van der Waals surface area contributed by atoms with Crippen LogP contribution in [0.4, 0.5) is 0 Å². The second-order valence-corrected chi connectivity index (χ2v) is 7.30. The van der Waals surface area contributed by atoms with Gasteiger partial charge in [0.1, 0.15) is 0 Å². The summed E-state index contributed by atoms with van der Waals surface area (Å²) in [5.74, 6) is 1.34. The number of nitrogens with one attached hydrogen (secondary N) is 1. The van der Waals surface area contributed by atoms with Crippen LogP contribution >= 0.6 is 0 Å². The molecule has 1 N–H and O–H groups in total. The molecule has 0 bridgehead atoms. The van der Waals surface area contributed by atoms with Gasteiger partial charge in [-0.25, -0.2) is 0 Å². The van der Waals surface area contributed by atoms with Gasteiger partial charge >= 0.3 is 0 Å². The van der Waals surface area contributed by atoms with Crippen LogP contribution < -0.4 is 5.32 Å². The van der Waals surface area contributed by atoms with Crippen LogP contribution in [0.3, 0.4) is 0 Å². The first kappa shape index (κ1) is 13.5. The van der Waals surface area contributed by atoms with Gasteiger partial charge in [-0.05, 0) is 81.5 Å². The summed E-state index contributed by atoms with van der Waals surface area (Å²) in [6.07, 6.45) is 9.40. The van der Waals surface area contributed by atoms with Gasteiger partial charge in [0.05, 0.1) is 0 Å². The Morgan fingerprint density at radius 1 is 1.14 bits per heavy atom. The molecular formula is C19H25NO. The van der Waals surface area contributed by atoms with Crippen molar-refractivity contribution in [1.82, 2.24) is 5.32 Å². The molecule has 0 radical (unpaired) electrons. The number of ketones is 1. The number of piperidine rings is 1. The lowest BCUT2D eigenvalue weighted by atomic mass is 9.71. The molecular weight excluding hydrogens is 258 g/mol. The van der Waals surface area contributed by atoms with Crippen molar-refractivity contribution in [3.63, 3.8) is 0 Å². The SMILES string of the molecule is O=C1c2cccc(CC3CC3)c2CCCC12CCNCC2. The van der Waals surface area contributed by atoms with E-state index in [4.69, 9.17) is 0 Å². The fourth-order valence-electron chi connectivity index (χ4n) is 4.35. The summed E-state index contributed by atoms with van der Waals surface area (Å²) in [5, 5.41) is 3.41. The summed E-state index contributed by atoms with van der Waals surface area (Å²) >= 11 is 0. The fraction of sp³-hybridized carbons (Fsp3) is 0.632. The highest BCUT2D eigenvalue weighted by molar-refractivity contribution is 6.02. The van der Waals surface area contributed by atoms with E-state index in [0.29, 0.717) is 5.78 Å². The van der Waals surface area contributed by atoms with Gasteiger partial charge in [0, 0.05) is 11.0 Å². The molecule has 1 heterocycles. The third-order valence-electron chi connectivity index (χ3n) is 5.85. The van der Waals surface area contributed by atoms with Gasteiger partial charge in [0.15, 0.2) is 5.78 Å². The van der Waals surface area contributed by atoms with Crippen LogP contribution in [0.1, 0.15) is 60.0 Å². The van der Waals surface area contributed by atoms with Crippen LogP contribution in [0.25, 0.3) is 0 Å². The molecule has 1 saturated heterocycles. The van der Waals surface area contributed by atoms with Gasteiger partial charge in [0.2, 0.25) is 0 Å². The van der Waals surface area contributed by atoms with E-state index in [9.17, 15) is 4.79 Å². The van der Waals surface area contributed by atoms with Crippen molar-refractivity contribution < 1.29 is 4.79 Å². The number of carbonyl (C=O) groups is 1. The highest BCUT2D eigenvalue weighted by Gasteiger charge is 2.41. The van der Waals surface area contributed by atoms with Crippen LogP contribution in [-0.2, 0) is 12.8 Å². The number of hydrogen-bond acceptors (Lipinski definition) is 2. The van der Waals surface area contributed by atoms with Crippen LogP contribution in [0, 0.1) is 11.3 Å². The summed E-state index contributed by atoms with van der Waals surface area (Å²) in [7, 11) is 0. The molecule has 1 aromatic carbocycles. The van der Waals surface area contributed by atoms with Crippen molar-refractivity contribution in [3.8, 4) is 0 Å². The Labute approximate surface area is 127 Å². The molecule has 4 rings (SSSR count). The third kappa shape index (κ3) is 2.44. The monoisotopic (exact) mass is 283 g/mol. The van der Waals surface area contributed by atoms with E-state index in [1.54, 1.807) is 0 Å². The molecule has 0 aromatic heterocycles.